The third-order valence-corrected chi connectivity index (χ3v) is 9.82. The van der Waals surface area contributed by atoms with E-state index >= 15 is 0 Å². The molecule has 0 bridgehead atoms. The molecule has 2 aromatic carbocycles. The highest BCUT2D eigenvalue weighted by atomic mass is 32.2. The maximum Gasteiger partial charge on any atom is 0.251 e. The average molecular weight is 552 g/mol. The Morgan fingerprint density at radius 1 is 1.00 bits per heavy atom. The van der Waals surface area contributed by atoms with Gasteiger partial charge in [0.2, 0.25) is 10.0 Å². The van der Waals surface area contributed by atoms with E-state index < -0.39 is 10.0 Å². The number of rotatable bonds is 5. The van der Waals surface area contributed by atoms with Crippen molar-refractivity contribution in [3.8, 4) is 11.5 Å². The minimum atomic E-state index is -3.64. The number of anilines is 1. The Morgan fingerprint density at radius 3 is 2.38 bits per heavy atom. The van der Waals surface area contributed by atoms with Crippen molar-refractivity contribution >= 4 is 27.3 Å². The maximum absolute atomic E-state index is 13.7. The highest BCUT2D eigenvalue weighted by Gasteiger charge is 2.43. The fourth-order valence-electron chi connectivity index (χ4n) is 5.94. The van der Waals surface area contributed by atoms with E-state index in [4.69, 9.17) is 19.3 Å². The minimum Gasteiger partial charge on any atom is -0.493 e. The van der Waals surface area contributed by atoms with Gasteiger partial charge < -0.3 is 14.2 Å². The van der Waals surface area contributed by atoms with Crippen LogP contribution in [0, 0.1) is 11.8 Å². The van der Waals surface area contributed by atoms with Crippen LogP contribution in [0.15, 0.2) is 58.5 Å². The molecule has 1 fully saturated rings. The number of morpholine rings is 1. The van der Waals surface area contributed by atoms with Gasteiger partial charge >= 0.3 is 0 Å². The molecule has 39 heavy (non-hydrogen) atoms. The lowest BCUT2D eigenvalue weighted by atomic mass is 9.75. The summed E-state index contributed by atoms with van der Waals surface area (Å²) in [5.74, 6) is 1.01. The predicted octanol–water partition coefficient (Wildman–Crippen LogP) is 3.76. The molecule has 206 valence electrons. The van der Waals surface area contributed by atoms with E-state index in [1.807, 2.05) is 26.0 Å². The summed E-state index contributed by atoms with van der Waals surface area (Å²) in [7, 11) is -2.01. The smallest absolute Gasteiger partial charge is 0.251 e. The van der Waals surface area contributed by atoms with Crippen molar-refractivity contribution in [3.63, 3.8) is 0 Å². The van der Waals surface area contributed by atoms with Gasteiger partial charge in [-0.05, 0) is 63.1 Å². The zero-order valence-electron chi connectivity index (χ0n) is 22.4. The topological polar surface area (TPSA) is 97.7 Å². The average Bonchev–Trinajstić information content (AvgIpc) is 3.28. The lowest BCUT2D eigenvalue weighted by molar-refractivity contribution is -0.123. The summed E-state index contributed by atoms with van der Waals surface area (Å²) < 4.78 is 44.8. The van der Waals surface area contributed by atoms with Crippen LogP contribution in [0.2, 0.25) is 0 Å². The van der Waals surface area contributed by atoms with E-state index in [0.29, 0.717) is 50.6 Å². The number of ether oxygens (including phenoxy) is 3. The number of nitrogens with zero attached hydrogens (tertiary/aromatic N) is 3. The quantitative estimate of drug-likeness (QED) is 0.525. The highest BCUT2D eigenvalue weighted by molar-refractivity contribution is 7.89. The van der Waals surface area contributed by atoms with E-state index in [1.165, 1.54) is 9.31 Å². The van der Waals surface area contributed by atoms with Gasteiger partial charge in [0.1, 0.15) is 5.60 Å². The number of hydrazone groups is 1. The zero-order chi connectivity index (χ0) is 27.4. The highest BCUT2D eigenvalue weighted by Crippen LogP contribution is 2.46. The first kappa shape index (κ1) is 26.0. The number of benzene rings is 2. The fourth-order valence-corrected chi connectivity index (χ4v) is 7.35. The lowest BCUT2D eigenvalue weighted by Crippen LogP contribution is -2.45. The second-order valence-electron chi connectivity index (χ2n) is 11.0. The van der Waals surface area contributed by atoms with E-state index in [-0.39, 0.29) is 28.2 Å². The molecule has 2 aromatic rings. The van der Waals surface area contributed by atoms with Crippen molar-refractivity contribution in [1.29, 1.82) is 0 Å². The number of carbonyl (C=O) groups excluding carboxylic acids is 1. The molecule has 0 radical (unpaired) electrons. The third kappa shape index (κ3) is 4.54. The first-order valence-electron chi connectivity index (χ1n) is 13.3. The molecule has 9 nitrogen and oxygen atoms in total. The molecule has 4 aliphatic rings. The molecule has 1 aliphatic carbocycles. The van der Waals surface area contributed by atoms with Gasteiger partial charge in [-0.15, -0.1) is 0 Å². The first-order valence-corrected chi connectivity index (χ1v) is 14.8. The van der Waals surface area contributed by atoms with Crippen LogP contribution in [0.25, 0.3) is 0 Å². The molecular formula is C29H33N3O6S. The summed E-state index contributed by atoms with van der Waals surface area (Å²) in [5, 5.41) is 6.39. The molecule has 0 aromatic heterocycles. The number of allylic oxidation sites excluding steroid dienone is 2. The van der Waals surface area contributed by atoms with Gasteiger partial charge in [-0.2, -0.15) is 9.41 Å². The van der Waals surface area contributed by atoms with Crippen LogP contribution in [0.4, 0.5) is 5.69 Å². The van der Waals surface area contributed by atoms with Crippen LogP contribution in [0.1, 0.15) is 37.8 Å². The molecule has 2 unspecified atom stereocenters. The summed E-state index contributed by atoms with van der Waals surface area (Å²) in [4.78, 5) is 13.9. The Bertz CT molecular complexity index is 1460. The van der Waals surface area contributed by atoms with Crippen LogP contribution in [0.3, 0.4) is 0 Å². The summed E-state index contributed by atoms with van der Waals surface area (Å²) in [6, 6.07) is 10.3. The standard InChI is InChI=1S/C29H33N3O6S/c1-29(2)18-24-22(12-13-25(36-3)27(24)38-29)26-21-6-4-5-7-23(21)28(33)32(30-26)19-8-10-20(11-9-19)39(34,35)31-14-16-37-17-15-31/h4-5,8-13,21,23H,6-7,14-18H2,1-3H3. The number of methoxy groups -OCH3 is 1. The Hall–Kier alpha value is -3.21. The van der Waals surface area contributed by atoms with E-state index in [2.05, 4.69) is 12.2 Å². The number of sulfonamides is 1. The summed E-state index contributed by atoms with van der Waals surface area (Å²) >= 11 is 0. The van der Waals surface area contributed by atoms with Gasteiger partial charge in [-0.3, -0.25) is 4.79 Å². The van der Waals surface area contributed by atoms with Gasteiger partial charge in [-0.1, -0.05) is 12.2 Å². The second-order valence-corrected chi connectivity index (χ2v) is 12.9. The van der Waals surface area contributed by atoms with Crippen molar-refractivity contribution in [2.45, 2.75) is 43.6 Å². The second kappa shape index (κ2) is 9.76. The van der Waals surface area contributed by atoms with Crippen LogP contribution in [0.5, 0.6) is 11.5 Å². The van der Waals surface area contributed by atoms with E-state index in [0.717, 1.165) is 29.0 Å². The van der Waals surface area contributed by atoms with Crippen LogP contribution in [-0.2, 0) is 26.0 Å². The lowest BCUT2D eigenvalue weighted by Gasteiger charge is -2.37. The minimum absolute atomic E-state index is 0.0547. The van der Waals surface area contributed by atoms with E-state index in [1.54, 1.807) is 31.4 Å². The number of hydrogen-bond acceptors (Lipinski definition) is 7. The fraction of sp³-hybridized carbons (Fsp3) is 0.448. The SMILES string of the molecule is COc1ccc(C2=NN(c3ccc(S(=O)(=O)N4CCOCC4)cc3)C(=O)C3CC=CCC23)c2c1OC(C)(C)C2. The van der Waals surface area contributed by atoms with Crippen molar-refractivity contribution in [2.24, 2.45) is 16.9 Å². The Labute approximate surface area is 229 Å². The van der Waals surface area contributed by atoms with Gasteiger partial charge in [0, 0.05) is 36.6 Å². The largest absolute Gasteiger partial charge is 0.493 e. The molecule has 0 spiro atoms. The molecule has 0 saturated carbocycles. The molecule has 0 N–H and O–H groups in total. The van der Waals surface area contributed by atoms with Crippen LogP contribution in [-0.4, -0.2) is 63.4 Å². The molecule has 3 heterocycles. The normalized spacial score (nSPS) is 24.5. The van der Waals surface area contributed by atoms with Crippen LogP contribution < -0.4 is 14.5 Å². The van der Waals surface area contributed by atoms with Gasteiger partial charge in [0.15, 0.2) is 11.5 Å². The number of hydrogen-bond donors (Lipinski definition) is 0. The molecule has 1 saturated heterocycles. The first-order chi connectivity index (χ1) is 18.7. The Balaban J connectivity index is 1.40. The Morgan fingerprint density at radius 2 is 1.69 bits per heavy atom. The summed E-state index contributed by atoms with van der Waals surface area (Å²) in [6.45, 7) is 5.51. The monoisotopic (exact) mass is 551 g/mol. The molecule has 3 aliphatic heterocycles. The van der Waals surface area contributed by atoms with Gasteiger partial charge in [-0.25, -0.2) is 13.4 Å². The van der Waals surface area contributed by atoms with Crippen molar-refractivity contribution in [1.82, 2.24) is 4.31 Å². The van der Waals surface area contributed by atoms with Crippen molar-refractivity contribution in [3.05, 3.63) is 59.7 Å². The molecular weight excluding hydrogens is 518 g/mol. The summed E-state index contributed by atoms with van der Waals surface area (Å²) in [6.07, 6.45) is 6.23. The van der Waals surface area contributed by atoms with E-state index in [9.17, 15) is 13.2 Å². The molecule has 2 atom stereocenters. The predicted molar refractivity (Wildman–Crippen MR) is 147 cm³/mol. The van der Waals surface area contributed by atoms with Crippen LogP contribution >= 0.6 is 0 Å². The molecule has 10 heteroatoms. The summed E-state index contributed by atoms with van der Waals surface area (Å²) in [5.41, 5.74) is 2.99. The number of fused-ring (bicyclic) bond motifs is 2. The Kier molecular flexibility index (Phi) is 6.52. The van der Waals surface area contributed by atoms with Crippen molar-refractivity contribution < 1.29 is 27.4 Å². The number of amides is 1. The molecule has 6 rings (SSSR count). The zero-order valence-corrected chi connectivity index (χ0v) is 23.2. The van der Waals surface area contributed by atoms with Gasteiger partial charge in [0.05, 0.1) is 42.5 Å². The number of carbonyl (C=O) groups is 1. The molecule has 1 amide bonds. The maximum atomic E-state index is 13.7. The van der Waals surface area contributed by atoms with Gasteiger partial charge in [0.25, 0.3) is 5.91 Å². The third-order valence-electron chi connectivity index (χ3n) is 7.91. The van der Waals surface area contributed by atoms with Crippen molar-refractivity contribution in [2.75, 3.05) is 38.4 Å².